The topological polar surface area (TPSA) is 278 Å². The Labute approximate surface area is 328 Å². The first-order valence-corrected chi connectivity index (χ1v) is 18.6. The molecule has 0 aliphatic carbocycles. The number of aromatic amines is 1. The molecule has 0 bridgehead atoms. The molecule has 298 valence electrons. The Morgan fingerprint density at radius 3 is 1.45 bits per heavy atom. The predicted molar refractivity (Wildman–Crippen MR) is 208 cm³/mol. The molecule has 0 spiro atoms. The average Bonchev–Trinajstić information content (AvgIpc) is 3.66. The van der Waals surface area contributed by atoms with E-state index in [4.69, 9.17) is 5.73 Å². The number of aromatic nitrogens is 2. The van der Waals surface area contributed by atoms with E-state index in [0.29, 0.717) is 16.8 Å². The second-order valence-corrected chi connectivity index (χ2v) is 14.0. The number of phenols is 2. The van der Waals surface area contributed by atoms with E-state index in [1.807, 2.05) is 13.8 Å². The van der Waals surface area contributed by atoms with E-state index in [-0.39, 0.29) is 54.6 Å². The zero-order valence-electron chi connectivity index (χ0n) is 30.3. The van der Waals surface area contributed by atoms with Crippen LogP contribution in [0.15, 0.2) is 61.1 Å². The molecule has 6 atom stereocenters. The first kappa shape index (κ1) is 44.1. The van der Waals surface area contributed by atoms with E-state index in [1.54, 1.807) is 12.1 Å². The van der Waals surface area contributed by atoms with Gasteiger partial charge in [0.2, 0.25) is 29.5 Å². The van der Waals surface area contributed by atoms with Gasteiger partial charge in [-0.3, -0.25) is 24.0 Å². The Balaban J connectivity index is 1.95. The predicted octanol–water partition coefficient (Wildman–Crippen LogP) is -0.410. The number of amides is 5. The number of rotatable bonds is 21. The van der Waals surface area contributed by atoms with E-state index in [0.717, 1.165) is 0 Å². The molecule has 2 aromatic carbocycles. The van der Waals surface area contributed by atoms with Gasteiger partial charge in [-0.05, 0) is 47.7 Å². The highest BCUT2D eigenvalue weighted by Gasteiger charge is 2.33. The van der Waals surface area contributed by atoms with Crippen LogP contribution in [0.1, 0.15) is 37.1 Å². The van der Waals surface area contributed by atoms with Gasteiger partial charge in [0.1, 0.15) is 41.7 Å². The summed E-state index contributed by atoms with van der Waals surface area (Å²) in [6, 6.07) is 4.25. The van der Waals surface area contributed by atoms with Crippen molar-refractivity contribution in [1.29, 1.82) is 0 Å². The fraction of sp³-hybridized carbons (Fsp3) is 0.417. The number of hydrogen-bond acceptors (Lipinski definition) is 12. The zero-order valence-corrected chi connectivity index (χ0v) is 32.1. The number of hydrogen-bond donors (Lipinski definition) is 12. The molecule has 5 amide bonds. The second-order valence-electron chi connectivity index (χ2n) is 13.3. The van der Waals surface area contributed by atoms with E-state index in [2.05, 4.69) is 61.8 Å². The quantitative estimate of drug-likeness (QED) is 0.0616. The summed E-state index contributed by atoms with van der Waals surface area (Å²) in [4.78, 5) is 86.5. The van der Waals surface area contributed by atoms with Crippen LogP contribution in [0.3, 0.4) is 0 Å². The van der Waals surface area contributed by atoms with Gasteiger partial charge in [-0.15, -0.1) is 0 Å². The van der Waals surface area contributed by atoms with E-state index < -0.39 is 71.8 Å². The molecule has 3 aromatic rings. The minimum atomic E-state index is -1.38. The number of H-pyrrole nitrogens is 1. The lowest BCUT2D eigenvalue weighted by Gasteiger charge is -2.27. The molecule has 3 rings (SSSR count). The van der Waals surface area contributed by atoms with Gasteiger partial charge in [0.15, 0.2) is 0 Å². The molecule has 0 unspecified atom stereocenters. The molecule has 11 N–H and O–H groups in total. The van der Waals surface area contributed by atoms with Gasteiger partial charge in [-0.2, -0.15) is 25.3 Å². The van der Waals surface area contributed by atoms with Crippen LogP contribution < -0.4 is 32.3 Å². The van der Waals surface area contributed by atoms with Crippen LogP contribution in [0.5, 0.6) is 11.5 Å². The molecule has 0 aliphatic heterocycles. The smallest absolute Gasteiger partial charge is 0.327 e. The normalized spacial score (nSPS) is 14.4. The number of phenolic OH excluding ortho intramolecular Hbond substituents is 2. The van der Waals surface area contributed by atoms with E-state index in [9.17, 15) is 44.1 Å². The highest BCUT2D eigenvalue weighted by molar-refractivity contribution is 7.80. The minimum Gasteiger partial charge on any atom is -0.508 e. The van der Waals surface area contributed by atoms with Crippen molar-refractivity contribution in [3.05, 3.63) is 77.9 Å². The highest BCUT2D eigenvalue weighted by Crippen LogP contribution is 2.15. The molecular formula is C36H48N8O9S2. The third-order valence-electron chi connectivity index (χ3n) is 8.30. The number of nitrogens with two attached hydrogens (primary N) is 1. The molecule has 1 aromatic heterocycles. The van der Waals surface area contributed by atoms with Crippen LogP contribution in [0.25, 0.3) is 0 Å². The zero-order chi connectivity index (χ0) is 40.7. The fourth-order valence-corrected chi connectivity index (χ4v) is 5.73. The van der Waals surface area contributed by atoms with Crippen molar-refractivity contribution < 1.29 is 44.1 Å². The van der Waals surface area contributed by atoms with E-state index >= 15 is 0 Å². The van der Waals surface area contributed by atoms with Crippen molar-refractivity contribution in [2.45, 2.75) is 75.8 Å². The summed E-state index contributed by atoms with van der Waals surface area (Å²) in [5, 5.41) is 42.1. The maximum atomic E-state index is 14.1. The van der Waals surface area contributed by atoms with Crippen LogP contribution in [-0.2, 0) is 48.0 Å². The summed E-state index contributed by atoms with van der Waals surface area (Å²) in [5.41, 5.74) is 7.31. The van der Waals surface area contributed by atoms with Gasteiger partial charge in [0.25, 0.3) is 0 Å². The number of carbonyl (C=O) groups excluding carboxylic acids is 5. The molecular weight excluding hydrogens is 753 g/mol. The third-order valence-corrected chi connectivity index (χ3v) is 9.06. The number of carbonyl (C=O) groups is 6. The molecule has 17 nitrogen and oxygen atoms in total. The summed E-state index contributed by atoms with van der Waals surface area (Å²) < 4.78 is 0. The lowest BCUT2D eigenvalue weighted by Crippen LogP contribution is -2.60. The number of nitrogens with one attached hydrogen (secondary N) is 6. The molecule has 0 fully saturated rings. The molecule has 0 saturated carbocycles. The van der Waals surface area contributed by atoms with Crippen LogP contribution in [0.2, 0.25) is 0 Å². The highest BCUT2D eigenvalue weighted by atomic mass is 32.1. The van der Waals surface area contributed by atoms with Crippen molar-refractivity contribution in [3.8, 4) is 11.5 Å². The molecule has 1 heterocycles. The van der Waals surface area contributed by atoms with Crippen molar-refractivity contribution in [1.82, 2.24) is 36.6 Å². The molecule has 0 saturated heterocycles. The monoisotopic (exact) mass is 800 g/mol. The number of carboxylic acid groups (broad SMARTS) is 1. The number of aromatic hydroxyl groups is 2. The van der Waals surface area contributed by atoms with Crippen LogP contribution in [0.4, 0.5) is 0 Å². The molecule has 19 heteroatoms. The van der Waals surface area contributed by atoms with Crippen molar-refractivity contribution in [3.63, 3.8) is 0 Å². The number of carboxylic acids is 1. The Hall–Kier alpha value is -5.27. The van der Waals surface area contributed by atoms with Crippen molar-refractivity contribution in [2.24, 2.45) is 11.7 Å². The largest absolute Gasteiger partial charge is 0.508 e. The Morgan fingerprint density at radius 2 is 1.07 bits per heavy atom. The van der Waals surface area contributed by atoms with Gasteiger partial charge in [0.05, 0.1) is 12.4 Å². The lowest BCUT2D eigenvalue weighted by atomic mass is 10.00. The van der Waals surface area contributed by atoms with Gasteiger partial charge in [0, 0.05) is 42.7 Å². The van der Waals surface area contributed by atoms with Gasteiger partial charge in [-0.1, -0.05) is 38.1 Å². The third kappa shape index (κ3) is 14.5. The second kappa shape index (κ2) is 21.6. The number of thiol groups is 2. The summed E-state index contributed by atoms with van der Waals surface area (Å²) in [6.07, 6.45) is 2.64. The first-order chi connectivity index (χ1) is 26.1. The van der Waals surface area contributed by atoms with Gasteiger partial charge < -0.3 is 52.6 Å². The van der Waals surface area contributed by atoms with Crippen molar-refractivity contribution >= 4 is 60.8 Å². The Kier molecular flexibility index (Phi) is 17.3. The van der Waals surface area contributed by atoms with Crippen LogP contribution >= 0.6 is 25.3 Å². The number of aliphatic carboxylic acids is 1. The first-order valence-electron chi connectivity index (χ1n) is 17.3. The average molecular weight is 801 g/mol. The standard InChI is InChI=1S/C36H48N8O9S2/c1-19(2)11-26(40-31(47)25(37)16-54)32(48)41-27(12-20-3-7-23(45)8-4-20)33(49)43-29(14-22-15-38-18-39-22)35(51)42-28(13-21-5-9-24(46)10-6-21)34(50)44-30(17-55)36(52)53/h3-10,15,18-19,25-30,45-46,54-55H,11-14,16-17,37H2,1-2H3,(H,38,39)(H,40,47)(H,41,48)(H,42,51)(H,43,49)(H,44,50)(H,52,53)/t25-,26-,27-,28-,29-,30-/m0/s1. The number of nitrogens with zero attached hydrogens (tertiary/aromatic N) is 1. The van der Waals surface area contributed by atoms with Gasteiger partial charge in [-0.25, -0.2) is 9.78 Å². The lowest BCUT2D eigenvalue weighted by molar-refractivity contribution is -0.141. The Bertz CT molecular complexity index is 1740. The maximum absolute atomic E-state index is 14.1. The van der Waals surface area contributed by atoms with Crippen LogP contribution in [-0.4, -0.2) is 109 Å². The summed E-state index contributed by atoms with van der Waals surface area (Å²) in [5.74, 6) is -5.45. The maximum Gasteiger partial charge on any atom is 0.327 e. The minimum absolute atomic E-state index is 0.0275. The SMILES string of the molecule is CC(C)C[C@H](NC(=O)[C@@H](N)CS)C(=O)N[C@@H](Cc1ccc(O)cc1)C(=O)N[C@@H](Cc1cnc[nH]1)C(=O)N[C@@H](Cc1ccc(O)cc1)C(=O)N[C@@H](CS)C(=O)O. The molecule has 55 heavy (non-hydrogen) atoms. The van der Waals surface area contributed by atoms with Crippen LogP contribution in [0, 0.1) is 5.92 Å². The fourth-order valence-electron chi connectivity index (χ4n) is 5.32. The number of imidazole rings is 1. The van der Waals surface area contributed by atoms with E-state index in [1.165, 1.54) is 48.9 Å². The summed E-state index contributed by atoms with van der Waals surface area (Å²) in [7, 11) is 0. The summed E-state index contributed by atoms with van der Waals surface area (Å²) >= 11 is 8.06. The van der Waals surface area contributed by atoms with Crippen molar-refractivity contribution in [2.75, 3.05) is 11.5 Å². The number of benzene rings is 2. The molecule has 0 aliphatic rings. The summed E-state index contributed by atoms with van der Waals surface area (Å²) in [6.45, 7) is 3.69. The molecule has 0 radical (unpaired) electrons. The van der Waals surface area contributed by atoms with Gasteiger partial charge >= 0.3 is 5.97 Å². The Morgan fingerprint density at radius 1 is 0.655 bits per heavy atom.